The summed E-state index contributed by atoms with van der Waals surface area (Å²) < 4.78 is 0. The fraction of sp³-hybridized carbons (Fsp3) is 0.538. The van der Waals surface area contributed by atoms with Crippen molar-refractivity contribution in [3.05, 3.63) is 29.8 Å². The second-order valence-electron chi connectivity index (χ2n) is 4.43. The molecule has 1 saturated carbocycles. The van der Waals surface area contributed by atoms with Crippen LogP contribution in [0.15, 0.2) is 29.2 Å². The minimum absolute atomic E-state index is 0.660. The molecule has 15 heavy (non-hydrogen) atoms. The summed E-state index contributed by atoms with van der Waals surface area (Å²) in [5, 5.41) is 4.23. The largest absolute Gasteiger partial charge is 0.313 e. The van der Waals surface area contributed by atoms with Gasteiger partial charge in [0.2, 0.25) is 0 Å². The van der Waals surface area contributed by atoms with Crippen molar-refractivity contribution in [1.29, 1.82) is 0 Å². The molecule has 1 atom stereocenters. The molecule has 1 fully saturated rings. The van der Waals surface area contributed by atoms with Gasteiger partial charge >= 0.3 is 0 Å². The Morgan fingerprint density at radius 2 is 2.27 bits per heavy atom. The molecular formula is C13H19NS. The van der Waals surface area contributed by atoms with Gasteiger partial charge in [0.25, 0.3) is 0 Å². The monoisotopic (exact) mass is 221 g/mol. The van der Waals surface area contributed by atoms with Crippen LogP contribution >= 0.6 is 11.8 Å². The van der Waals surface area contributed by atoms with E-state index >= 15 is 0 Å². The maximum atomic E-state index is 3.57. The van der Waals surface area contributed by atoms with Crippen molar-refractivity contribution in [2.75, 3.05) is 6.54 Å². The van der Waals surface area contributed by atoms with Crippen molar-refractivity contribution in [3.8, 4) is 0 Å². The van der Waals surface area contributed by atoms with E-state index in [1.807, 2.05) is 11.8 Å². The zero-order valence-electron chi connectivity index (χ0n) is 9.49. The van der Waals surface area contributed by atoms with Gasteiger partial charge < -0.3 is 5.32 Å². The van der Waals surface area contributed by atoms with E-state index in [-0.39, 0.29) is 0 Å². The van der Waals surface area contributed by atoms with E-state index in [4.69, 9.17) is 0 Å². The van der Waals surface area contributed by atoms with E-state index in [0.29, 0.717) is 5.25 Å². The van der Waals surface area contributed by atoms with Crippen LogP contribution in [-0.2, 0) is 0 Å². The highest BCUT2D eigenvalue weighted by atomic mass is 32.2. The molecule has 0 bridgehead atoms. The molecule has 2 heteroatoms. The van der Waals surface area contributed by atoms with Gasteiger partial charge in [0, 0.05) is 22.7 Å². The van der Waals surface area contributed by atoms with E-state index in [1.54, 1.807) is 0 Å². The molecule has 0 radical (unpaired) electrons. The molecule has 0 saturated heterocycles. The number of nitrogens with one attached hydrogen (secondary N) is 1. The third-order valence-electron chi connectivity index (χ3n) is 2.60. The Balaban J connectivity index is 1.79. The van der Waals surface area contributed by atoms with E-state index in [0.717, 1.165) is 12.6 Å². The molecular weight excluding hydrogens is 202 g/mol. The minimum atomic E-state index is 0.660. The van der Waals surface area contributed by atoms with Crippen LogP contribution in [0.5, 0.6) is 0 Å². The Morgan fingerprint density at radius 1 is 1.47 bits per heavy atom. The second-order valence-corrected chi connectivity index (χ2v) is 5.94. The Kier molecular flexibility index (Phi) is 3.71. The summed E-state index contributed by atoms with van der Waals surface area (Å²) in [4.78, 5) is 1.39. The maximum Gasteiger partial charge on any atom is 0.0191 e. The number of aryl methyl sites for hydroxylation is 1. The summed E-state index contributed by atoms with van der Waals surface area (Å²) in [6.45, 7) is 5.57. The van der Waals surface area contributed by atoms with Crippen LogP contribution < -0.4 is 5.32 Å². The fourth-order valence-electron chi connectivity index (χ4n) is 1.58. The Hall–Kier alpha value is -0.470. The molecule has 82 valence electrons. The van der Waals surface area contributed by atoms with Gasteiger partial charge in [-0.3, -0.25) is 0 Å². The van der Waals surface area contributed by atoms with Gasteiger partial charge in [-0.2, -0.15) is 0 Å². The summed E-state index contributed by atoms with van der Waals surface area (Å²) in [5.41, 5.74) is 1.35. The quantitative estimate of drug-likeness (QED) is 0.766. The summed E-state index contributed by atoms with van der Waals surface area (Å²) in [6.07, 6.45) is 2.75. The molecule has 1 N–H and O–H groups in total. The molecule has 1 nitrogen and oxygen atoms in total. The number of rotatable bonds is 5. The Bertz CT molecular complexity index is 320. The van der Waals surface area contributed by atoms with Crippen molar-refractivity contribution < 1.29 is 0 Å². The standard InChI is InChI=1S/C13H19NS/c1-10-4-3-5-13(8-10)15-11(2)9-14-12-6-7-12/h3-5,8,11-12,14H,6-7,9H2,1-2H3. The fourth-order valence-corrected chi connectivity index (χ4v) is 2.64. The molecule has 1 unspecified atom stereocenters. The zero-order chi connectivity index (χ0) is 10.7. The molecule has 0 heterocycles. The Morgan fingerprint density at radius 3 is 2.93 bits per heavy atom. The van der Waals surface area contributed by atoms with E-state index in [2.05, 4.69) is 43.4 Å². The van der Waals surface area contributed by atoms with Gasteiger partial charge in [-0.1, -0.05) is 24.6 Å². The molecule has 0 spiro atoms. The van der Waals surface area contributed by atoms with Crippen molar-refractivity contribution in [1.82, 2.24) is 5.32 Å². The average Bonchev–Trinajstić information content (AvgIpc) is 2.98. The van der Waals surface area contributed by atoms with Crippen LogP contribution in [0.4, 0.5) is 0 Å². The smallest absolute Gasteiger partial charge is 0.0191 e. The summed E-state index contributed by atoms with van der Waals surface area (Å²) in [5.74, 6) is 0. The predicted molar refractivity (Wildman–Crippen MR) is 67.5 cm³/mol. The normalized spacial score (nSPS) is 17.7. The number of benzene rings is 1. The Labute approximate surface area is 96.7 Å². The molecule has 1 aliphatic carbocycles. The average molecular weight is 221 g/mol. The van der Waals surface area contributed by atoms with Crippen molar-refractivity contribution in [2.45, 2.75) is 42.9 Å². The third-order valence-corrected chi connectivity index (χ3v) is 3.69. The molecule has 2 rings (SSSR count). The molecule has 0 amide bonds. The van der Waals surface area contributed by atoms with Crippen LogP contribution in [0, 0.1) is 6.92 Å². The summed E-state index contributed by atoms with van der Waals surface area (Å²) in [7, 11) is 0. The van der Waals surface area contributed by atoms with Crippen LogP contribution in [0.3, 0.4) is 0 Å². The highest BCUT2D eigenvalue weighted by Crippen LogP contribution is 2.25. The first-order valence-corrected chi connectivity index (χ1v) is 6.59. The maximum absolute atomic E-state index is 3.57. The lowest BCUT2D eigenvalue weighted by Crippen LogP contribution is -2.24. The predicted octanol–water partition coefficient (Wildman–Crippen LogP) is 3.23. The molecule has 0 aromatic heterocycles. The van der Waals surface area contributed by atoms with Crippen LogP contribution in [-0.4, -0.2) is 17.8 Å². The second kappa shape index (κ2) is 5.04. The van der Waals surface area contributed by atoms with Crippen LogP contribution in [0.1, 0.15) is 25.3 Å². The minimum Gasteiger partial charge on any atom is -0.313 e. The van der Waals surface area contributed by atoms with Crippen molar-refractivity contribution >= 4 is 11.8 Å². The van der Waals surface area contributed by atoms with Gasteiger partial charge in [0.05, 0.1) is 0 Å². The number of thioether (sulfide) groups is 1. The number of hydrogen-bond acceptors (Lipinski definition) is 2. The van der Waals surface area contributed by atoms with E-state index in [9.17, 15) is 0 Å². The lowest BCUT2D eigenvalue weighted by Gasteiger charge is -2.12. The summed E-state index contributed by atoms with van der Waals surface area (Å²) >= 11 is 1.96. The molecule has 0 aliphatic heterocycles. The first-order valence-electron chi connectivity index (χ1n) is 5.71. The van der Waals surface area contributed by atoms with Gasteiger partial charge in [-0.25, -0.2) is 0 Å². The van der Waals surface area contributed by atoms with Crippen LogP contribution in [0.25, 0.3) is 0 Å². The lowest BCUT2D eigenvalue weighted by molar-refractivity contribution is 0.679. The third kappa shape index (κ3) is 3.88. The highest BCUT2D eigenvalue weighted by Gasteiger charge is 2.20. The van der Waals surface area contributed by atoms with E-state index in [1.165, 1.54) is 23.3 Å². The van der Waals surface area contributed by atoms with Gasteiger partial charge in [-0.15, -0.1) is 11.8 Å². The molecule has 1 aliphatic rings. The van der Waals surface area contributed by atoms with Crippen LogP contribution in [0.2, 0.25) is 0 Å². The van der Waals surface area contributed by atoms with Gasteiger partial charge in [0.15, 0.2) is 0 Å². The zero-order valence-corrected chi connectivity index (χ0v) is 10.3. The highest BCUT2D eigenvalue weighted by molar-refractivity contribution is 8.00. The topological polar surface area (TPSA) is 12.0 Å². The molecule has 1 aromatic carbocycles. The first kappa shape index (κ1) is 11.0. The molecule has 1 aromatic rings. The van der Waals surface area contributed by atoms with E-state index < -0.39 is 0 Å². The van der Waals surface area contributed by atoms with Gasteiger partial charge in [-0.05, 0) is 31.9 Å². The SMILES string of the molecule is Cc1cccc(SC(C)CNC2CC2)c1. The summed E-state index contributed by atoms with van der Waals surface area (Å²) in [6, 6.07) is 9.57. The first-order chi connectivity index (χ1) is 7.24. The van der Waals surface area contributed by atoms with Crippen molar-refractivity contribution in [3.63, 3.8) is 0 Å². The lowest BCUT2D eigenvalue weighted by atomic mass is 10.2. The number of hydrogen-bond donors (Lipinski definition) is 1. The van der Waals surface area contributed by atoms with Crippen molar-refractivity contribution in [2.24, 2.45) is 0 Å². The van der Waals surface area contributed by atoms with Gasteiger partial charge in [0.1, 0.15) is 0 Å².